The average Bonchev–Trinajstić information content (AvgIpc) is 2.26. The minimum absolute atomic E-state index is 0.0717. The van der Waals surface area contributed by atoms with Crippen LogP contribution in [0.4, 0.5) is 4.79 Å². The van der Waals surface area contributed by atoms with Gasteiger partial charge in [-0.3, -0.25) is 4.90 Å². The van der Waals surface area contributed by atoms with E-state index in [2.05, 4.69) is 5.32 Å². The molecule has 5 nitrogen and oxygen atoms in total. The van der Waals surface area contributed by atoms with Crippen LogP contribution < -0.4 is 5.32 Å². The number of carbonyl (C=O) groups is 1. The second-order valence-electron chi connectivity index (χ2n) is 5.37. The molecule has 0 aromatic heterocycles. The maximum atomic E-state index is 11.9. The van der Waals surface area contributed by atoms with Crippen LogP contribution in [-0.4, -0.2) is 48.4 Å². The summed E-state index contributed by atoms with van der Waals surface area (Å²) in [6, 6.07) is 0.168. The number of nitrogens with zero attached hydrogens (tertiary/aromatic N) is 1. The Labute approximate surface area is 102 Å². The van der Waals surface area contributed by atoms with Crippen molar-refractivity contribution in [2.45, 2.75) is 38.5 Å². The fourth-order valence-corrected chi connectivity index (χ4v) is 1.95. The van der Waals surface area contributed by atoms with Gasteiger partial charge in [0.25, 0.3) is 0 Å². The highest BCUT2D eigenvalue weighted by Gasteiger charge is 2.32. The molecule has 17 heavy (non-hydrogen) atoms. The third kappa shape index (κ3) is 3.20. The van der Waals surface area contributed by atoms with E-state index >= 15 is 0 Å². The van der Waals surface area contributed by atoms with Gasteiger partial charge >= 0.3 is 6.09 Å². The van der Waals surface area contributed by atoms with Crippen LogP contribution in [0, 0.1) is 0 Å². The van der Waals surface area contributed by atoms with Crippen LogP contribution >= 0.6 is 0 Å². The van der Waals surface area contributed by atoms with Gasteiger partial charge in [0.2, 0.25) is 0 Å². The normalized spacial score (nSPS) is 28.8. The van der Waals surface area contributed by atoms with E-state index in [4.69, 9.17) is 9.47 Å². The molecule has 0 aliphatic carbocycles. The first-order chi connectivity index (χ1) is 7.96. The zero-order valence-electron chi connectivity index (χ0n) is 10.6. The molecule has 1 amide bonds. The Morgan fingerprint density at radius 2 is 2.29 bits per heavy atom. The van der Waals surface area contributed by atoms with Gasteiger partial charge in [0.1, 0.15) is 5.60 Å². The Bertz CT molecular complexity index is 322. The third-order valence-electron chi connectivity index (χ3n) is 2.69. The SMILES string of the molecule is CC(C)(C)OC(=O)N1C=C[C@H]2OCCN[C@H]2C1. The fourth-order valence-electron chi connectivity index (χ4n) is 1.95. The number of amides is 1. The molecule has 2 aliphatic rings. The van der Waals surface area contributed by atoms with Crippen LogP contribution in [0.3, 0.4) is 0 Å². The zero-order valence-corrected chi connectivity index (χ0v) is 10.6. The summed E-state index contributed by atoms with van der Waals surface area (Å²) in [5.41, 5.74) is -0.460. The molecule has 5 heteroatoms. The summed E-state index contributed by atoms with van der Waals surface area (Å²) < 4.78 is 10.9. The maximum Gasteiger partial charge on any atom is 0.414 e. The van der Waals surface area contributed by atoms with Crippen LogP contribution in [0.15, 0.2) is 12.3 Å². The Morgan fingerprint density at radius 1 is 1.53 bits per heavy atom. The second kappa shape index (κ2) is 4.66. The lowest BCUT2D eigenvalue weighted by molar-refractivity contribution is -0.00128. The molecule has 2 rings (SSSR count). The third-order valence-corrected chi connectivity index (χ3v) is 2.69. The predicted molar refractivity (Wildman–Crippen MR) is 63.6 cm³/mol. The van der Waals surface area contributed by atoms with E-state index in [0.717, 1.165) is 13.2 Å². The van der Waals surface area contributed by atoms with Gasteiger partial charge in [-0.05, 0) is 26.8 Å². The van der Waals surface area contributed by atoms with Crippen LogP contribution in [0.25, 0.3) is 0 Å². The molecule has 0 radical (unpaired) electrons. The van der Waals surface area contributed by atoms with E-state index in [1.807, 2.05) is 26.8 Å². The molecule has 0 spiro atoms. The highest BCUT2D eigenvalue weighted by Crippen LogP contribution is 2.17. The summed E-state index contributed by atoms with van der Waals surface area (Å²) in [6.45, 7) is 7.74. The molecular formula is C12H20N2O3. The van der Waals surface area contributed by atoms with Gasteiger partial charge in [0.15, 0.2) is 0 Å². The van der Waals surface area contributed by atoms with Crippen molar-refractivity contribution in [3.63, 3.8) is 0 Å². The molecule has 0 aromatic rings. The fraction of sp³-hybridized carbons (Fsp3) is 0.750. The molecule has 0 aromatic carbocycles. The van der Waals surface area contributed by atoms with Crippen molar-refractivity contribution in [1.29, 1.82) is 0 Å². The quantitative estimate of drug-likeness (QED) is 0.689. The number of nitrogens with one attached hydrogen (secondary N) is 1. The number of morpholine rings is 1. The Balaban J connectivity index is 1.97. The molecule has 0 bridgehead atoms. The molecule has 96 valence electrons. The van der Waals surface area contributed by atoms with E-state index in [0.29, 0.717) is 6.54 Å². The molecule has 2 atom stereocenters. The van der Waals surface area contributed by atoms with Gasteiger partial charge in [-0.2, -0.15) is 0 Å². The highest BCUT2D eigenvalue weighted by molar-refractivity contribution is 5.69. The monoisotopic (exact) mass is 240 g/mol. The molecule has 0 saturated carbocycles. The minimum Gasteiger partial charge on any atom is -0.443 e. The lowest BCUT2D eigenvalue weighted by Gasteiger charge is -2.37. The van der Waals surface area contributed by atoms with Gasteiger partial charge in [0.05, 0.1) is 18.8 Å². The van der Waals surface area contributed by atoms with E-state index in [1.54, 1.807) is 11.1 Å². The molecular weight excluding hydrogens is 220 g/mol. The summed E-state index contributed by atoms with van der Waals surface area (Å²) in [4.78, 5) is 13.5. The largest absolute Gasteiger partial charge is 0.443 e. The molecule has 2 heterocycles. The highest BCUT2D eigenvalue weighted by atomic mass is 16.6. The van der Waals surface area contributed by atoms with Crippen molar-refractivity contribution in [3.05, 3.63) is 12.3 Å². The van der Waals surface area contributed by atoms with Crippen molar-refractivity contribution in [2.24, 2.45) is 0 Å². The number of hydrogen-bond acceptors (Lipinski definition) is 4. The number of ether oxygens (including phenoxy) is 2. The first-order valence-electron chi connectivity index (χ1n) is 5.99. The van der Waals surface area contributed by atoms with Crippen LogP contribution in [0.1, 0.15) is 20.8 Å². The van der Waals surface area contributed by atoms with Gasteiger partial charge in [0, 0.05) is 19.3 Å². The number of carbonyl (C=O) groups excluding carboxylic acids is 1. The van der Waals surface area contributed by atoms with Gasteiger partial charge < -0.3 is 14.8 Å². The Morgan fingerprint density at radius 3 is 3.00 bits per heavy atom. The zero-order chi connectivity index (χ0) is 12.5. The van der Waals surface area contributed by atoms with Gasteiger partial charge in [-0.25, -0.2) is 4.79 Å². The molecule has 1 fully saturated rings. The average molecular weight is 240 g/mol. The number of fused-ring (bicyclic) bond motifs is 1. The van der Waals surface area contributed by atoms with Crippen molar-refractivity contribution in [2.75, 3.05) is 19.7 Å². The first kappa shape index (κ1) is 12.4. The van der Waals surface area contributed by atoms with E-state index in [-0.39, 0.29) is 18.2 Å². The van der Waals surface area contributed by atoms with Crippen LogP contribution in [-0.2, 0) is 9.47 Å². The van der Waals surface area contributed by atoms with Gasteiger partial charge in [-0.15, -0.1) is 0 Å². The van der Waals surface area contributed by atoms with E-state index in [9.17, 15) is 4.79 Å². The Hall–Kier alpha value is -1.07. The van der Waals surface area contributed by atoms with Crippen molar-refractivity contribution >= 4 is 6.09 Å². The smallest absolute Gasteiger partial charge is 0.414 e. The van der Waals surface area contributed by atoms with Crippen molar-refractivity contribution in [1.82, 2.24) is 10.2 Å². The lowest BCUT2D eigenvalue weighted by atomic mass is 10.1. The molecule has 1 N–H and O–H groups in total. The minimum atomic E-state index is -0.460. The predicted octanol–water partition coefficient (Wildman–Crippen LogP) is 1.11. The second-order valence-corrected chi connectivity index (χ2v) is 5.37. The summed E-state index contributed by atoms with van der Waals surface area (Å²) in [7, 11) is 0. The Kier molecular flexibility index (Phi) is 3.40. The topological polar surface area (TPSA) is 50.8 Å². The molecule has 0 unspecified atom stereocenters. The number of hydrogen-bond donors (Lipinski definition) is 1. The van der Waals surface area contributed by atoms with E-state index < -0.39 is 5.60 Å². The molecule has 1 saturated heterocycles. The standard InChI is InChI=1S/C12H20N2O3/c1-12(2,3)17-11(15)14-6-4-10-9(8-14)13-5-7-16-10/h4,6,9-10,13H,5,7-8H2,1-3H3/t9-,10+/m0/s1. The summed E-state index contributed by atoms with van der Waals surface area (Å²) in [6.07, 6.45) is 3.42. The van der Waals surface area contributed by atoms with Crippen molar-refractivity contribution in [3.8, 4) is 0 Å². The number of rotatable bonds is 0. The molecule has 2 aliphatic heterocycles. The summed E-state index contributed by atoms with van der Waals surface area (Å²) in [5, 5.41) is 3.34. The lowest BCUT2D eigenvalue weighted by Crippen LogP contribution is -2.55. The van der Waals surface area contributed by atoms with Crippen LogP contribution in [0.2, 0.25) is 0 Å². The summed E-state index contributed by atoms with van der Waals surface area (Å²) in [5.74, 6) is 0. The van der Waals surface area contributed by atoms with Crippen molar-refractivity contribution < 1.29 is 14.3 Å². The van der Waals surface area contributed by atoms with Gasteiger partial charge in [-0.1, -0.05) is 0 Å². The summed E-state index contributed by atoms with van der Waals surface area (Å²) >= 11 is 0. The van der Waals surface area contributed by atoms with E-state index in [1.165, 1.54) is 0 Å². The first-order valence-corrected chi connectivity index (χ1v) is 5.99. The maximum absolute atomic E-state index is 11.9. The van der Waals surface area contributed by atoms with Crippen LogP contribution in [0.5, 0.6) is 0 Å².